The number of rotatable bonds is 4. The topological polar surface area (TPSA) is 110 Å². The van der Waals surface area contributed by atoms with Crippen LogP contribution in [0.5, 0.6) is 0 Å². The third kappa shape index (κ3) is 3.42. The zero-order valence-corrected chi connectivity index (χ0v) is 21.8. The van der Waals surface area contributed by atoms with Crippen molar-refractivity contribution in [1.82, 2.24) is 19.1 Å². The second-order valence-corrected chi connectivity index (χ2v) is 10.2. The summed E-state index contributed by atoms with van der Waals surface area (Å²) in [7, 11) is 3.34. The fraction of sp³-hybridized carbons (Fsp3) is 0.200. The lowest BCUT2D eigenvalue weighted by atomic mass is 9.97. The Balaban J connectivity index is 1.20. The summed E-state index contributed by atoms with van der Waals surface area (Å²) in [6, 6.07) is 20.7. The Kier molecular flexibility index (Phi) is 5.21. The predicted molar refractivity (Wildman–Crippen MR) is 150 cm³/mol. The molecule has 0 bridgehead atoms. The first-order valence-electron chi connectivity index (χ1n) is 13.0. The van der Waals surface area contributed by atoms with E-state index in [1.54, 1.807) is 84.6 Å². The number of carbonyl (C=O) groups excluding carboxylic acids is 2. The van der Waals surface area contributed by atoms with Crippen LogP contribution in [0.25, 0.3) is 21.8 Å². The molecule has 0 saturated carbocycles. The Morgan fingerprint density at radius 1 is 0.575 bits per heavy atom. The Morgan fingerprint density at radius 3 is 1.32 bits per heavy atom. The van der Waals surface area contributed by atoms with Crippen molar-refractivity contribution in [1.29, 1.82) is 0 Å². The largest absolute Gasteiger partial charge is 0.301 e. The van der Waals surface area contributed by atoms with Crippen molar-refractivity contribution in [2.24, 2.45) is 14.1 Å². The molecule has 0 spiro atoms. The summed E-state index contributed by atoms with van der Waals surface area (Å²) >= 11 is 0. The van der Waals surface area contributed by atoms with Gasteiger partial charge in [-0.15, -0.1) is 0 Å². The molecule has 198 valence electrons. The molecular weight excluding hydrogens is 508 g/mol. The minimum absolute atomic E-state index is 0.0755. The average molecular weight is 533 g/mol. The molecule has 10 nitrogen and oxygen atoms in total. The van der Waals surface area contributed by atoms with Crippen LogP contribution >= 0.6 is 0 Å². The van der Waals surface area contributed by atoms with Gasteiger partial charge in [0.25, 0.3) is 11.1 Å². The molecule has 7 rings (SSSR count). The van der Waals surface area contributed by atoms with E-state index in [-0.39, 0.29) is 47.9 Å². The maximum Gasteiger partial charge on any atom is 0.261 e. The van der Waals surface area contributed by atoms with Gasteiger partial charge in [0, 0.05) is 25.5 Å². The third-order valence-corrected chi connectivity index (χ3v) is 7.93. The highest BCUT2D eigenvalue weighted by Crippen LogP contribution is 2.41. The maximum absolute atomic E-state index is 12.9. The van der Waals surface area contributed by atoms with E-state index in [1.165, 1.54) is 9.13 Å². The average Bonchev–Trinajstić information content (AvgIpc) is 2.95. The molecule has 2 aromatic heterocycles. The predicted octanol–water partition coefficient (Wildman–Crippen LogP) is 3.14. The van der Waals surface area contributed by atoms with Gasteiger partial charge in [0.2, 0.25) is 11.8 Å². The van der Waals surface area contributed by atoms with Gasteiger partial charge in [-0.3, -0.25) is 28.3 Å². The van der Waals surface area contributed by atoms with Crippen LogP contribution in [0.3, 0.4) is 0 Å². The van der Waals surface area contributed by atoms with Gasteiger partial charge in [0.05, 0.1) is 34.6 Å². The SMILES string of the molecule is Cn1c(C2CC(=O)N2c2ccc(N3C(=O)CC3c3nc4ccccc4c(=O)n3C)cc2)nc2ccccc2c1=O. The molecule has 0 aliphatic carbocycles. The van der Waals surface area contributed by atoms with Gasteiger partial charge in [-0.1, -0.05) is 24.3 Å². The van der Waals surface area contributed by atoms with Crippen LogP contribution in [0, 0.1) is 0 Å². The van der Waals surface area contributed by atoms with Gasteiger partial charge < -0.3 is 9.80 Å². The van der Waals surface area contributed by atoms with Crippen molar-refractivity contribution < 1.29 is 9.59 Å². The van der Waals surface area contributed by atoms with E-state index in [4.69, 9.17) is 9.97 Å². The van der Waals surface area contributed by atoms with Gasteiger partial charge in [-0.25, -0.2) is 9.97 Å². The van der Waals surface area contributed by atoms with E-state index in [0.29, 0.717) is 44.8 Å². The van der Waals surface area contributed by atoms with Crippen LogP contribution < -0.4 is 20.9 Å². The Bertz CT molecular complexity index is 1850. The highest BCUT2D eigenvalue weighted by molar-refractivity contribution is 6.03. The van der Waals surface area contributed by atoms with Crippen LogP contribution in [-0.4, -0.2) is 30.9 Å². The first-order valence-corrected chi connectivity index (χ1v) is 13.0. The number of carbonyl (C=O) groups is 2. The van der Waals surface area contributed by atoms with Crippen molar-refractivity contribution >= 4 is 45.0 Å². The number of benzene rings is 3. The van der Waals surface area contributed by atoms with Crippen LogP contribution in [-0.2, 0) is 23.7 Å². The Morgan fingerprint density at radius 2 is 0.950 bits per heavy atom. The molecule has 2 aliphatic rings. The van der Waals surface area contributed by atoms with Crippen LogP contribution in [0.2, 0.25) is 0 Å². The fourth-order valence-electron chi connectivity index (χ4n) is 5.73. The van der Waals surface area contributed by atoms with Crippen molar-refractivity contribution in [3.8, 4) is 0 Å². The molecule has 2 unspecified atom stereocenters. The molecule has 2 saturated heterocycles. The maximum atomic E-state index is 12.9. The molecule has 40 heavy (non-hydrogen) atoms. The number of anilines is 2. The van der Waals surface area contributed by atoms with Crippen molar-refractivity contribution in [2.45, 2.75) is 24.9 Å². The quantitative estimate of drug-likeness (QED) is 0.329. The Hall–Kier alpha value is -5.12. The standard InChI is InChI=1S/C30H24N6O4/c1-33-27(31-21-9-5-3-7-19(21)29(33)39)23-15-25(37)35(23)17-11-13-18(14-12-17)36-24(16-26(36)38)28-32-22-10-6-4-8-20(22)30(40)34(28)2/h3-14,23-24H,15-16H2,1-2H3. The monoisotopic (exact) mass is 532 g/mol. The minimum Gasteiger partial charge on any atom is -0.301 e. The van der Waals surface area contributed by atoms with Gasteiger partial charge in [0.1, 0.15) is 23.7 Å². The summed E-state index contributed by atoms with van der Waals surface area (Å²) in [5.41, 5.74) is 2.16. The summed E-state index contributed by atoms with van der Waals surface area (Å²) in [6.45, 7) is 0. The zero-order valence-electron chi connectivity index (χ0n) is 21.8. The molecule has 0 N–H and O–H groups in total. The number of hydrogen-bond acceptors (Lipinski definition) is 6. The van der Waals surface area contributed by atoms with Crippen LogP contribution in [0.15, 0.2) is 82.4 Å². The second kappa shape index (κ2) is 8.70. The smallest absolute Gasteiger partial charge is 0.261 e. The summed E-state index contributed by atoms with van der Waals surface area (Å²) in [5.74, 6) is 0.893. The van der Waals surface area contributed by atoms with E-state index in [2.05, 4.69) is 0 Å². The summed E-state index contributed by atoms with van der Waals surface area (Å²) in [5, 5.41) is 1.06. The Labute approximate surface area is 227 Å². The molecule has 3 aromatic carbocycles. The molecule has 2 fully saturated rings. The first kappa shape index (κ1) is 24.0. The summed E-state index contributed by atoms with van der Waals surface area (Å²) < 4.78 is 3.01. The zero-order chi connectivity index (χ0) is 27.7. The fourth-order valence-corrected chi connectivity index (χ4v) is 5.73. The molecule has 10 heteroatoms. The molecule has 2 amide bonds. The number of para-hydroxylation sites is 2. The second-order valence-electron chi connectivity index (χ2n) is 10.2. The number of nitrogens with zero attached hydrogens (tertiary/aromatic N) is 6. The van der Waals surface area contributed by atoms with Crippen molar-refractivity contribution in [3.63, 3.8) is 0 Å². The first-order chi connectivity index (χ1) is 19.3. The molecule has 5 aromatic rings. The van der Waals surface area contributed by atoms with Crippen molar-refractivity contribution in [3.05, 3.63) is 105 Å². The van der Waals surface area contributed by atoms with E-state index in [0.717, 1.165) is 0 Å². The number of hydrogen-bond donors (Lipinski definition) is 0. The summed E-state index contributed by atoms with van der Waals surface area (Å²) in [6.07, 6.45) is 0.490. The minimum atomic E-state index is -0.379. The normalized spacial score (nSPS) is 18.8. The lowest BCUT2D eigenvalue weighted by Gasteiger charge is -2.42. The number of aromatic nitrogens is 4. The van der Waals surface area contributed by atoms with Gasteiger partial charge in [-0.2, -0.15) is 0 Å². The summed E-state index contributed by atoms with van der Waals surface area (Å²) in [4.78, 5) is 64.0. The van der Waals surface area contributed by atoms with E-state index in [1.807, 2.05) is 12.1 Å². The van der Waals surface area contributed by atoms with Crippen LogP contribution in [0.4, 0.5) is 11.4 Å². The third-order valence-electron chi connectivity index (χ3n) is 7.93. The lowest BCUT2D eigenvalue weighted by Crippen LogP contribution is -2.49. The molecule has 2 atom stereocenters. The molecular formula is C30H24N6O4. The molecule has 0 radical (unpaired) electrons. The van der Waals surface area contributed by atoms with E-state index in [9.17, 15) is 19.2 Å². The lowest BCUT2D eigenvalue weighted by molar-refractivity contribution is -0.125. The molecule has 2 aliphatic heterocycles. The van der Waals surface area contributed by atoms with Gasteiger partial charge in [-0.05, 0) is 48.5 Å². The number of β-lactam (4-membered cyclic amide) rings is 2. The van der Waals surface area contributed by atoms with E-state index >= 15 is 0 Å². The highest BCUT2D eigenvalue weighted by atomic mass is 16.2. The van der Waals surface area contributed by atoms with Crippen LogP contribution in [0.1, 0.15) is 36.6 Å². The van der Waals surface area contributed by atoms with Gasteiger partial charge >= 0.3 is 0 Å². The highest BCUT2D eigenvalue weighted by Gasteiger charge is 2.43. The van der Waals surface area contributed by atoms with Gasteiger partial charge in [0.15, 0.2) is 0 Å². The number of fused-ring (bicyclic) bond motifs is 2. The number of amides is 2. The van der Waals surface area contributed by atoms with E-state index < -0.39 is 0 Å². The van der Waals surface area contributed by atoms with Crippen molar-refractivity contribution in [2.75, 3.05) is 9.80 Å². The molecule has 4 heterocycles.